The molecule has 3 aromatic rings. The van der Waals surface area contributed by atoms with Crippen molar-refractivity contribution in [3.63, 3.8) is 0 Å². The highest BCUT2D eigenvalue weighted by Crippen LogP contribution is 2.24. The van der Waals surface area contributed by atoms with Crippen molar-refractivity contribution in [3.8, 4) is 6.07 Å². The van der Waals surface area contributed by atoms with Crippen LogP contribution >= 0.6 is 0 Å². The van der Waals surface area contributed by atoms with Crippen molar-refractivity contribution in [2.24, 2.45) is 0 Å². The second-order valence-electron chi connectivity index (χ2n) is 6.52. The zero-order valence-electron chi connectivity index (χ0n) is 14.8. The van der Waals surface area contributed by atoms with Crippen LogP contribution in [0.5, 0.6) is 0 Å². The number of hydrogen-bond acceptors (Lipinski definition) is 5. The molecule has 3 heterocycles. The number of carbonyl (C=O) groups excluding carboxylic acids is 1. The molecule has 1 aliphatic heterocycles. The molecule has 0 saturated carbocycles. The van der Waals surface area contributed by atoms with Crippen molar-refractivity contribution in [2.45, 2.75) is 6.92 Å². The summed E-state index contributed by atoms with van der Waals surface area (Å²) < 4.78 is 19.3. The number of piperazine rings is 1. The summed E-state index contributed by atoms with van der Waals surface area (Å²) in [5.41, 5.74) is 2.62. The Morgan fingerprint density at radius 2 is 2.00 bits per heavy atom. The molecule has 0 aliphatic carbocycles. The number of aromatic nitrogens is 1. The number of halogens is 1. The molecule has 0 bridgehead atoms. The Balaban J connectivity index is 1.51. The van der Waals surface area contributed by atoms with Gasteiger partial charge in [0, 0.05) is 44.1 Å². The van der Waals surface area contributed by atoms with Gasteiger partial charge in [0.2, 0.25) is 0 Å². The number of pyridine rings is 1. The summed E-state index contributed by atoms with van der Waals surface area (Å²) in [5.74, 6) is 0.172. The normalized spacial score (nSPS) is 14.4. The maximum Gasteiger partial charge on any atom is 0.257 e. The number of hydrogen-bond donors (Lipinski definition) is 0. The first-order valence-electron chi connectivity index (χ1n) is 8.65. The molecular weight excluding hydrogens is 347 g/mol. The molecule has 2 aromatic heterocycles. The minimum absolute atomic E-state index is 0.103. The average molecular weight is 364 g/mol. The molecular formula is C20H17FN4O2. The fourth-order valence-electron chi connectivity index (χ4n) is 3.39. The summed E-state index contributed by atoms with van der Waals surface area (Å²) in [4.78, 5) is 20.9. The summed E-state index contributed by atoms with van der Waals surface area (Å²) in [6.07, 6.45) is 1.61. The highest BCUT2D eigenvalue weighted by Gasteiger charge is 2.25. The molecule has 0 atom stereocenters. The van der Waals surface area contributed by atoms with Crippen molar-refractivity contribution in [3.05, 3.63) is 59.2 Å². The Morgan fingerprint density at radius 1 is 1.22 bits per heavy atom. The molecule has 0 radical (unpaired) electrons. The summed E-state index contributed by atoms with van der Waals surface area (Å²) >= 11 is 0. The van der Waals surface area contributed by atoms with Gasteiger partial charge in [0.25, 0.3) is 5.91 Å². The third kappa shape index (κ3) is 3.22. The van der Waals surface area contributed by atoms with E-state index in [9.17, 15) is 9.18 Å². The molecule has 1 saturated heterocycles. The van der Waals surface area contributed by atoms with Crippen LogP contribution in [0.4, 0.5) is 10.1 Å². The van der Waals surface area contributed by atoms with Crippen molar-refractivity contribution in [2.75, 3.05) is 31.1 Å². The van der Waals surface area contributed by atoms with E-state index in [2.05, 4.69) is 4.98 Å². The number of fused-ring (bicyclic) bond motifs is 1. The molecule has 136 valence electrons. The molecule has 0 unspecified atom stereocenters. The monoisotopic (exact) mass is 364 g/mol. The zero-order valence-corrected chi connectivity index (χ0v) is 14.8. The zero-order chi connectivity index (χ0) is 19.0. The average Bonchev–Trinajstić information content (AvgIpc) is 3.07. The number of anilines is 1. The van der Waals surface area contributed by atoms with Crippen LogP contribution in [0.25, 0.3) is 11.1 Å². The van der Waals surface area contributed by atoms with Gasteiger partial charge in [-0.1, -0.05) is 0 Å². The van der Waals surface area contributed by atoms with Crippen LogP contribution in [0.1, 0.15) is 21.7 Å². The molecule has 7 heteroatoms. The van der Waals surface area contributed by atoms with E-state index in [0.717, 1.165) is 0 Å². The van der Waals surface area contributed by atoms with Crippen LogP contribution in [-0.2, 0) is 0 Å². The summed E-state index contributed by atoms with van der Waals surface area (Å²) in [7, 11) is 0. The Bertz CT molecular complexity index is 1060. The van der Waals surface area contributed by atoms with Crippen LogP contribution in [0, 0.1) is 24.1 Å². The Kier molecular flexibility index (Phi) is 4.24. The van der Waals surface area contributed by atoms with Gasteiger partial charge < -0.3 is 14.2 Å². The summed E-state index contributed by atoms with van der Waals surface area (Å²) in [6, 6.07) is 9.74. The van der Waals surface area contributed by atoms with E-state index in [4.69, 9.17) is 9.68 Å². The predicted octanol–water partition coefficient (Wildman–Crippen LogP) is 3.11. The molecule has 4 rings (SSSR count). The highest BCUT2D eigenvalue weighted by atomic mass is 19.1. The van der Waals surface area contributed by atoms with Crippen LogP contribution < -0.4 is 4.90 Å². The second-order valence-corrected chi connectivity index (χ2v) is 6.52. The van der Waals surface area contributed by atoms with E-state index in [0.29, 0.717) is 54.3 Å². The van der Waals surface area contributed by atoms with Crippen LogP contribution in [-0.4, -0.2) is 42.0 Å². The number of nitriles is 1. The number of nitrogens with zero attached hydrogens (tertiary/aromatic N) is 4. The molecule has 27 heavy (non-hydrogen) atoms. The third-order valence-electron chi connectivity index (χ3n) is 4.71. The lowest BCUT2D eigenvalue weighted by atomic mass is 10.1. The summed E-state index contributed by atoms with van der Waals surface area (Å²) in [5, 5.41) is 9.01. The lowest BCUT2D eigenvalue weighted by Crippen LogP contribution is -2.48. The number of aryl methyl sites for hydroxylation is 1. The van der Waals surface area contributed by atoms with Gasteiger partial charge in [0.1, 0.15) is 17.1 Å². The predicted molar refractivity (Wildman–Crippen MR) is 98.0 cm³/mol. The first-order valence-corrected chi connectivity index (χ1v) is 8.65. The number of rotatable bonds is 2. The smallest absolute Gasteiger partial charge is 0.257 e. The summed E-state index contributed by atoms with van der Waals surface area (Å²) in [6.45, 7) is 3.95. The fraction of sp³-hybridized carbons (Fsp3) is 0.250. The van der Waals surface area contributed by atoms with Crippen LogP contribution in [0.15, 0.2) is 40.9 Å². The highest BCUT2D eigenvalue weighted by molar-refractivity contribution is 6.04. The van der Waals surface area contributed by atoms with Gasteiger partial charge in [-0.15, -0.1) is 0 Å². The number of carbonyl (C=O) groups is 1. The standard InChI is InChI=1S/C20H17FN4O2/c1-13-8-18-19(27-13)17(2-3-23-18)20(26)25-6-4-24(5-7-25)16-10-14(12-22)9-15(21)11-16/h2-3,8-11H,4-7H2,1H3. The fourth-order valence-corrected chi connectivity index (χ4v) is 3.39. The largest absolute Gasteiger partial charge is 0.459 e. The van der Waals surface area contributed by atoms with E-state index in [1.807, 2.05) is 17.9 Å². The van der Waals surface area contributed by atoms with Gasteiger partial charge in [-0.2, -0.15) is 5.26 Å². The van der Waals surface area contributed by atoms with Crippen molar-refractivity contribution >= 4 is 22.7 Å². The minimum atomic E-state index is -0.435. The van der Waals surface area contributed by atoms with Crippen molar-refractivity contribution in [1.82, 2.24) is 9.88 Å². The Labute approximate surface area is 155 Å². The van der Waals surface area contributed by atoms with Crippen LogP contribution in [0.2, 0.25) is 0 Å². The molecule has 1 aromatic carbocycles. The lowest BCUT2D eigenvalue weighted by molar-refractivity contribution is 0.0747. The van der Waals surface area contributed by atoms with Gasteiger partial charge in [-0.05, 0) is 31.2 Å². The molecule has 1 fully saturated rings. The van der Waals surface area contributed by atoms with Gasteiger partial charge in [-0.3, -0.25) is 9.78 Å². The Morgan fingerprint density at radius 3 is 2.74 bits per heavy atom. The van der Waals surface area contributed by atoms with Crippen molar-refractivity contribution in [1.29, 1.82) is 5.26 Å². The number of furan rings is 1. The lowest BCUT2D eigenvalue weighted by Gasteiger charge is -2.36. The van der Waals surface area contributed by atoms with E-state index in [-0.39, 0.29) is 11.5 Å². The first kappa shape index (κ1) is 17.0. The number of amides is 1. The van der Waals surface area contributed by atoms with Gasteiger partial charge in [-0.25, -0.2) is 4.39 Å². The van der Waals surface area contributed by atoms with Crippen molar-refractivity contribution < 1.29 is 13.6 Å². The van der Waals surface area contributed by atoms with E-state index in [1.165, 1.54) is 12.1 Å². The molecule has 0 spiro atoms. The van der Waals surface area contributed by atoms with Gasteiger partial charge >= 0.3 is 0 Å². The topological polar surface area (TPSA) is 73.4 Å². The van der Waals surface area contributed by atoms with E-state index in [1.54, 1.807) is 29.3 Å². The van der Waals surface area contributed by atoms with E-state index < -0.39 is 5.82 Å². The maximum absolute atomic E-state index is 13.7. The van der Waals surface area contributed by atoms with Gasteiger partial charge in [0.15, 0.2) is 5.58 Å². The molecule has 1 amide bonds. The first-order chi connectivity index (χ1) is 13.0. The SMILES string of the molecule is Cc1cc2nccc(C(=O)N3CCN(c4cc(F)cc(C#N)c4)CC3)c2o1. The Hall–Kier alpha value is -3.40. The van der Waals surface area contributed by atoms with Gasteiger partial charge in [0.05, 0.1) is 17.2 Å². The number of benzene rings is 1. The minimum Gasteiger partial charge on any atom is -0.459 e. The molecule has 0 N–H and O–H groups in total. The second kappa shape index (κ2) is 6.72. The third-order valence-corrected chi connectivity index (χ3v) is 4.71. The quantitative estimate of drug-likeness (QED) is 0.699. The molecule has 6 nitrogen and oxygen atoms in total. The molecule has 1 aliphatic rings. The van der Waals surface area contributed by atoms with E-state index >= 15 is 0 Å². The maximum atomic E-state index is 13.7. The van der Waals surface area contributed by atoms with Crippen LogP contribution in [0.3, 0.4) is 0 Å².